The second kappa shape index (κ2) is 15.0. The number of aromatic nitrogens is 2. The van der Waals surface area contributed by atoms with Crippen molar-refractivity contribution in [2.75, 3.05) is 33.0 Å². The highest BCUT2D eigenvalue weighted by atomic mass is 16.5. The minimum atomic E-state index is -0.619. The van der Waals surface area contributed by atoms with Gasteiger partial charge in [0.2, 0.25) is 11.8 Å². The van der Waals surface area contributed by atoms with Crippen LogP contribution < -0.4 is 10.6 Å². The third kappa shape index (κ3) is 7.65. The maximum Gasteiger partial charge on any atom is 0.255 e. The van der Waals surface area contributed by atoms with Gasteiger partial charge < -0.3 is 19.7 Å². The predicted molar refractivity (Wildman–Crippen MR) is 176 cm³/mol. The van der Waals surface area contributed by atoms with Gasteiger partial charge in [-0.05, 0) is 66.3 Å². The van der Waals surface area contributed by atoms with E-state index in [-0.39, 0.29) is 24.1 Å². The van der Waals surface area contributed by atoms with Gasteiger partial charge in [-0.2, -0.15) is 5.10 Å². The minimum Gasteiger partial charge on any atom is -0.379 e. The summed E-state index contributed by atoms with van der Waals surface area (Å²) in [5, 5.41) is 13.6. The van der Waals surface area contributed by atoms with Gasteiger partial charge in [-0.15, -0.1) is 0 Å². The molecule has 0 spiro atoms. The first-order valence-electron chi connectivity index (χ1n) is 15.9. The molecule has 2 aliphatic rings. The molecule has 0 radical (unpaired) electrons. The fraction of sp³-hybridized carbons (Fsp3) is 0.306. The largest absolute Gasteiger partial charge is 0.379 e. The molecule has 1 aromatic heterocycles. The molecule has 242 valence electrons. The number of fused-ring (bicyclic) bond motifs is 2. The number of nitrogens with zero attached hydrogens (tertiary/aromatic N) is 2. The third-order valence-corrected chi connectivity index (χ3v) is 8.42. The maximum absolute atomic E-state index is 13.0. The molecule has 4 aromatic rings. The minimum absolute atomic E-state index is 0.159. The number of hydrogen-bond donors (Lipinski definition) is 3. The van der Waals surface area contributed by atoms with Crippen molar-refractivity contribution in [2.24, 2.45) is 0 Å². The van der Waals surface area contributed by atoms with Crippen molar-refractivity contribution < 1.29 is 28.7 Å². The Kier molecular flexibility index (Phi) is 10.1. The molecule has 3 aromatic carbocycles. The quantitative estimate of drug-likeness (QED) is 0.141. The molecule has 3 N–H and O–H groups in total. The van der Waals surface area contributed by atoms with E-state index in [1.807, 2.05) is 60.7 Å². The van der Waals surface area contributed by atoms with Gasteiger partial charge in [0.05, 0.1) is 31.0 Å². The molecule has 1 unspecified atom stereocenters. The molecule has 3 heterocycles. The van der Waals surface area contributed by atoms with Crippen LogP contribution in [0.3, 0.4) is 0 Å². The first-order chi connectivity index (χ1) is 23.0. The number of aromatic amines is 1. The number of para-hydroxylation sites is 1. The van der Waals surface area contributed by atoms with Crippen molar-refractivity contribution in [3.63, 3.8) is 0 Å². The Hall–Kier alpha value is -5.13. The number of carbonyl (C=O) groups excluding carboxylic acids is 4. The Morgan fingerprint density at radius 3 is 2.57 bits per heavy atom. The van der Waals surface area contributed by atoms with Crippen LogP contribution in [0.5, 0.6) is 0 Å². The van der Waals surface area contributed by atoms with Gasteiger partial charge in [0.25, 0.3) is 11.8 Å². The number of rotatable bonds is 14. The molecule has 1 atom stereocenters. The van der Waals surface area contributed by atoms with E-state index in [4.69, 9.17) is 9.47 Å². The summed E-state index contributed by atoms with van der Waals surface area (Å²) < 4.78 is 11.3. The van der Waals surface area contributed by atoms with Crippen molar-refractivity contribution in [3.8, 4) is 0 Å². The zero-order valence-electron chi connectivity index (χ0n) is 26.0. The van der Waals surface area contributed by atoms with Gasteiger partial charge in [0, 0.05) is 42.6 Å². The lowest BCUT2D eigenvalue weighted by Gasteiger charge is -2.29. The van der Waals surface area contributed by atoms with Crippen LogP contribution in [0.1, 0.15) is 62.4 Å². The monoisotopic (exact) mass is 635 g/mol. The van der Waals surface area contributed by atoms with Crippen LogP contribution in [0.2, 0.25) is 0 Å². The number of hydrogen-bond acceptors (Lipinski definition) is 7. The van der Waals surface area contributed by atoms with Gasteiger partial charge in [-0.25, -0.2) is 0 Å². The fourth-order valence-corrected chi connectivity index (χ4v) is 5.94. The summed E-state index contributed by atoms with van der Waals surface area (Å²) in [6.45, 7) is 2.53. The Balaban J connectivity index is 0.843. The summed E-state index contributed by atoms with van der Waals surface area (Å²) in [4.78, 5) is 50.9. The Morgan fingerprint density at radius 2 is 1.74 bits per heavy atom. The number of aryl methyl sites for hydroxylation is 1. The average molecular weight is 636 g/mol. The van der Waals surface area contributed by atoms with Crippen LogP contribution in [0, 0.1) is 0 Å². The summed E-state index contributed by atoms with van der Waals surface area (Å²) >= 11 is 0. The molecule has 2 aliphatic heterocycles. The number of amides is 4. The van der Waals surface area contributed by atoms with E-state index in [0.29, 0.717) is 57.1 Å². The molecule has 0 aliphatic carbocycles. The number of benzene rings is 3. The zero-order valence-corrected chi connectivity index (χ0v) is 26.0. The molecule has 47 heavy (non-hydrogen) atoms. The van der Waals surface area contributed by atoms with Crippen LogP contribution in [0.25, 0.3) is 23.1 Å². The normalized spacial score (nSPS) is 16.2. The fourth-order valence-electron chi connectivity index (χ4n) is 5.94. The van der Waals surface area contributed by atoms with E-state index in [2.05, 4.69) is 20.8 Å². The highest BCUT2D eigenvalue weighted by Crippen LogP contribution is 2.30. The van der Waals surface area contributed by atoms with Crippen molar-refractivity contribution in [1.82, 2.24) is 25.7 Å². The van der Waals surface area contributed by atoms with Crippen molar-refractivity contribution >= 4 is 46.7 Å². The Morgan fingerprint density at radius 1 is 0.936 bits per heavy atom. The molecule has 1 saturated heterocycles. The number of H-pyrrole nitrogens is 1. The van der Waals surface area contributed by atoms with Crippen LogP contribution in [0.4, 0.5) is 0 Å². The Labute approximate surface area is 272 Å². The van der Waals surface area contributed by atoms with Gasteiger partial charge in [-0.3, -0.25) is 29.6 Å². The SMILES string of the molecule is O=C1CCC(N2Cc3c(CCCOCCOCCNC(=O)c4ccc(/C=C/c5n[nH]c6ccccc56)cc4)cccc3C2=O)C(=O)N1. The van der Waals surface area contributed by atoms with Crippen LogP contribution >= 0.6 is 0 Å². The van der Waals surface area contributed by atoms with Crippen molar-refractivity contribution in [3.05, 3.63) is 100 Å². The highest BCUT2D eigenvalue weighted by molar-refractivity contribution is 6.05. The molecule has 1 fully saturated rings. The van der Waals surface area contributed by atoms with Gasteiger partial charge >= 0.3 is 0 Å². The first kappa shape index (κ1) is 31.8. The third-order valence-electron chi connectivity index (χ3n) is 8.42. The molecule has 11 heteroatoms. The van der Waals surface area contributed by atoms with Crippen LogP contribution in [-0.2, 0) is 32.0 Å². The maximum atomic E-state index is 13.0. The van der Waals surface area contributed by atoms with Crippen LogP contribution in [0.15, 0.2) is 66.7 Å². The molecule has 0 bridgehead atoms. The van der Waals surface area contributed by atoms with E-state index in [0.717, 1.165) is 46.1 Å². The zero-order chi connectivity index (χ0) is 32.6. The summed E-state index contributed by atoms with van der Waals surface area (Å²) in [6.07, 6.45) is 6.01. The van der Waals surface area contributed by atoms with Gasteiger partial charge in [0.1, 0.15) is 6.04 Å². The molecule has 0 saturated carbocycles. The van der Waals surface area contributed by atoms with Crippen LogP contribution in [-0.4, -0.2) is 77.7 Å². The lowest BCUT2D eigenvalue weighted by molar-refractivity contribution is -0.136. The second-order valence-electron chi connectivity index (χ2n) is 11.5. The lowest BCUT2D eigenvalue weighted by Crippen LogP contribution is -2.52. The smallest absolute Gasteiger partial charge is 0.255 e. The number of carbonyl (C=O) groups is 4. The summed E-state index contributed by atoms with van der Waals surface area (Å²) in [6, 6.07) is 20.4. The lowest BCUT2D eigenvalue weighted by atomic mass is 10.00. The highest BCUT2D eigenvalue weighted by Gasteiger charge is 2.39. The second-order valence-corrected chi connectivity index (χ2v) is 11.5. The van der Waals surface area contributed by atoms with Gasteiger partial charge in [-0.1, -0.05) is 48.5 Å². The number of nitrogens with one attached hydrogen (secondary N) is 3. The molecule has 4 amide bonds. The number of ether oxygens (including phenoxy) is 2. The summed E-state index contributed by atoms with van der Waals surface area (Å²) in [7, 11) is 0. The molecular weight excluding hydrogens is 598 g/mol. The van der Waals surface area contributed by atoms with E-state index < -0.39 is 11.9 Å². The van der Waals surface area contributed by atoms with E-state index in [1.54, 1.807) is 23.1 Å². The summed E-state index contributed by atoms with van der Waals surface area (Å²) in [5.74, 6) is -1.02. The molecular formula is C36H37N5O6. The first-order valence-corrected chi connectivity index (χ1v) is 15.9. The summed E-state index contributed by atoms with van der Waals surface area (Å²) in [5.41, 5.74) is 6.03. The van der Waals surface area contributed by atoms with E-state index in [1.165, 1.54) is 0 Å². The topological polar surface area (TPSA) is 143 Å². The number of imide groups is 1. The number of piperidine rings is 1. The van der Waals surface area contributed by atoms with E-state index in [9.17, 15) is 19.2 Å². The van der Waals surface area contributed by atoms with Crippen molar-refractivity contribution in [1.29, 1.82) is 0 Å². The standard InChI is InChI=1S/C36H37N5O6/c42-33-17-16-32(35(44)38-33)41-23-29-25(5-3-8-27(29)36(41)45)6-4-19-46-21-22-47-20-18-37-34(43)26-13-10-24(11-14-26)12-15-31-28-7-1-2-9-30(28)39-40-31/h1-3,5,7-15,32H,4,6,16-23H2,(H,37,43)(H,39,40)(H,38,42,44)/b15-12+. The van der Waals surface area contributed by atoms with Gasteiger partial charge in [0.15, 0.2) is 0 Å². The molecule has 11 nitrogen and oxygen atoms in total. The molecule has 6 rings (SSSR count). The van der Waals surface area contributed by atoms with E-state index >= 15 is 0 Å². The van der Waals surface area contributed by atoms with Crippen molar-refractivity contribution in [2.45, 2.75) is 38.3 Å². The predicted octanol–water partition coefficient (Wildman–Crippen LogP) is 3.89. The average Bonchev–Trinajstić information content (AvgIpc) is 3.65. The Bertz CT molecular complexity index is 1800.